The van der Waals surface area contributed by atoms with Crippen molar-refractivity contribution in [2.24, 2.45) is 0 Å². The lowest BCUT2D eigenvalue weighted by Crippen LogP contribution is -2.28. The summed E-state index contributed by atoms with van der Waals surface area (Å²) in [6, 6.07) is 0. The van der Waals surface area contributed by atoms with Crippen LogP contribution in [0.1, 0.15) is 90.9 Å². The fourth-order valence-electron chi connectivity index (χ4n) is 2.70. The van der Waals surface area contributed by atoms with Crippen molar-refractivity contribution in [2.45, 2.75) is 90.9 Å². The van der Waals surface area contributed by atoms with Crippen LogP contribution >= 0.6 is 0 Å². The predicted molar refractivity (Wildman–Crippen MR) is 100 cm³/mol. The molecular formula is C20H39NO3. The highest BCUT2D eigenvalue weighted by atomic mass is 16.5. The van der Waals surface area contributed by atoms with Gasteiger partial charge in [0, 0.05) is 6.42 Å². The quantitative estimate of drug-likeness (QED) is 0.205. The second-order valence-electron chi connectivity index (χ2n) is 6.62. The monoisotopic (exact) mass is 341 g/mol. The Morgan fingerprint density at radius 1 is 0.833 bits per heavy atom. The summed E-state index contributed by atoms with van der Waals surface area (Å²) < 4.78 is 5.15. The highest BCUT2D eigenvalue weighted by Gasteiger charge is 2.06. The van der Waals surface area contributed by atoms with E-state index in [0.29, 0.717) is 19.6 Å². The van der Waals surface area contributed by atoms with Crippen LogP contribution in [0.3, 0.4) is 0 Å². The van der Waals surface area contributed by atoms with Crippen LogP contribution in [0.25, 0.3) is 0 Å². The number of aldehydes is 1. The van der Waals surface area contributed by atoms with Crippen molar-refractivity contribution in [3.05, 3.63) is 0 Å². The Labute approximate surface area is 149 Å². The van der Waals surface area contributed by atoms with E-state index in [2.05, 4.69) is 18.7 Å². The molecule has 0 unspecified atom stereocenters. The van der Waals surface area contributed by atoms with E-state index in [-0.39, 0.29) is 5.97 Å². The maximum atomic E-state index is 11.5. The predicted octanol–water partition coefficient (Wildman–Crippen LogP) is 4.75. The average molecular weight is 342 g/mol. The largest absolute Gasteiger partial charge is 0.466 e. The molecule has 142 valence electrons. The van der Waals surface area contributed by atoms with Crippen molar-refractivity contribution in [1.82, 2.24) is 4.90 Å². The maximum absolute atomic E-state index is 11.5. The minimum Gasteiger partial charge on any atom is -0.466 e. The van der Waals surface area contributed by atoms with Gasteiger partial charge in [-0.25, -0.2) is 0 Å². The normalized spacial score (nSPS) is 11.0. The second kappa shape index (κ2) is 18.4. The van der Waals surface area contributed by atoms with Crippen molar-refractivity contribution in [3.63, 3.8) is 0 Å². The first-order valence-corrected chi connectivity index (χ1v) is 10.1. The SMILES string of the molecule is CCCCCCCCCN(CC=O)CCCCC(=O)OCCCC. The van der Waals surface area contributed by atoms with Gasteiger partial charge in [-0.05, 0) is 38.8 Å². The molecule has 0 aromatic rings. The van der Waals surface area contributed by atoms with E-state index in [0.717, 1.165) is 45.1 Å². The number of ether oxygens (including phenoxy) is 1. The Hall–Kier alpha value is -0.900. The van der Waals surface area contributed by atoms with Gasteiger partial charge in [-0.2, -0.15) is 0 Å². The molecule has 0 heterocycles. The van der Waals surface area contributed by atoms with Gasteiger partial charge < -0.3 is 9.53 Å². The molecule has 0 amide bonds. The third-order valence-electron chi connectivity index (χ3n) is 4.28. The van der Waals surface area contributed by atoms with Crippen LogP contribution in [-0.2, 0) is 14.3 Å². The molecule has 4 heteroatoms. The van der Waals surface area contributed by atoms with Crippen LogP contribution in [0.2, 0.25) is 0 Å². The topological polar surface area (TPSA) is 46.6 Å². The van der Waals surface area contributed by atoms with E-state index in [4.69, 9.17) is 4.74 Å². The molecule has 0 atom stereocenters. The van der Waals surface area contributed by atoms with Crippen molar-refractivity contribution in [1.29, 1.82) is 0 Å². The molecule has 0 saturated carbocycles. The summed E-state index contributed by atoms with van der Waals surface area (Å²) in [4.78, 5) is 24.5. The highest BCUT2D eigenvalue weighted by Crippen LogP contribution is 2.08. The molecule has 0 aliphatic rings. The summed E-state index contributed by atoms with van der Waals surface area (Å²) >= 11 is 0. The number of unbranched alkanes of at least 4 members (excludes halogenated alkanes) is 8. The van der Waals surface area contributed by atoms with Crippen molar-refractivity contribution in [2.75, 3.05) is 26.2 Å². The third-order valence-corrected chi connectivity index (χ3v) is 4.28. The molecule has 0 saturated heterocycles. The summed E-state index contributed by atoms with van der Waals surface area (Å²) in [6.07, 6.45) is 14.3. The first-order chi connectivity index (χ1) is 11.7. The first-order valence-electron chi connectivity index (χ1n) is 10.1. The third kappa shape index (κ3) is 16.0. The van der Waals surface area contributed by atoms with Crippen LogP contribution in [0.4, 0.5) is 0 Å². The Morgan fingerprint density at radius 2 is 1.42 bits per heavy atom. The summed E-state index contributed by atoms with van der Waals surface area (Å²) in [7, 11) is 0. The number of hydrogen-bond donors (Lipinski definition) is 0. The minimum absolute atomic E-state index is 0.0857. The van der Waals surface area contributed by atoms with Gasteiger partial charge in [-0.1, -0.05) is 58.8 Å². The summed E-state index contributed by atoms with van der Waals surface area (Å²) in [5.41, 5.74) is 0. The van der Waals surface area contributed by atoms with E-state index in [1.165, 1.54) is 44.9 Å². The van der Waals surface area contributed by atoms with Crippen LogP contribution in [0.15, 0.2) is 0 Å². The van der Waals surface area contributed by atoms with E-state index in [9.17, 15) is 9.59 Å². The van der Waals surface area contributed by atoms with Crippen molar-refractivity contribution >= 4 is 12.3 Å². The van der Waals surface area contributed by atoms with Gasteiger partial charge in [0.05, 0.1) is 13.2 Å². The standard InChI is InChI=1S/C20H39NO3/c1-3-5-7-8-9-10-12-15-21(17-18-22)16-13-11-14-20(23)24-19-6-4-2/h18H,3-17,19H2,1-2H3. The molecule has 0 rings (SSSR count). The van der Waals surface area contributed by atoms with Gasteiger partial charge in [0.2, 0.25) is 0 Å². The lowest BCUT2D eigenvalue weighted by atomic mass is 10.1. The van der Waals surface area contributed by atoms with Crippen LogP contribution in [0, 0.1) is 0 Å². The number of nitrogens with zero attached hydrogens (tertiary/aromatic N) is 1. The highest BCUT2D eigenvalue weighted by molar-refractivity contribution is 5.69. The van der Waals surface area contributed by atoms with Crippen LogP contribution in [0.5, 0.6) is 0 Å². The molecule has 0 bridgehead atoms. The number of carbonyl (C=O) groups is 2. The molecular weight excluding hydrogens is 302 g/mol. The fraction of sp³-hybridized carbons (Fsp3) is 0.900. The minimum atomic E-state index is -0.0857. The lowest BCUT2D eigenvalue weighted by Gasteiger charge is -2.19. The Balaban J connectivity index is 3.61. The van der Waals surface area contributed by atoms with Crippen molar-refractivity contribution in [3.8, 4) is 0 Å². The number of carbonyl (C=O) groups excluding carboxylic acids is 2. The fourth-order valence-corrected chi connectivity index (χ4v) is 2.70. The zero-order valence-corrected chi connectivity index (χ0v) is 16.1. The molecule has 0 aliphatic heterocycles. The average Bonchev–Trinajstić information content (AvgIpc) is 2.58. The van der Waals surface area contributed by atoms with Gasteiger partial charge in [0.15, 0.2) is 0 Å². The number of rotatable bonds is 18. The maximum Gasteiger partial charge on any atom is 0.305 e. The number of hydrogen-bond acceptors (Lipinski definition) is 4. The van der Waals surface area contributed by atoms with Crippen LogP contribution < -0.4 is 0 Å². The summed E-state index contributed by atoms with van der Waals surface area (Å²) in [5, 5.41) is 0. The van der Waals surface area contributed by atoms with E-state index >= 15 is 0 Å². The number of esters is 1. The Bertz CT molecular complexity index is 295. The van der Waals surface area contributed by atoms with Gasteiger partial charge >= 0.3 is 5.97 Å². The molecule has 0 fully saturated rings. The molecule has 4 nitrogen and oxygen atoms in total. The zero-order valence-electron chi connectivity index (χ0n) is 16.1. The Kier molecular flexibility index (Phi) is 17.7. The van der Waals surface area contributed by atoms with Gasteiger partial charge in [-0.3, -0.25) is 9.69 Å². The van der Waals surface area contributed by atoms with Gasteiger partial charge in [0.25, 0.3) is 0 Å². The second-order valence-corrected chi connectivity index (χ2v) is 6.62. The molecule has 0 radical (unpaired) electrons. The molecule has 0 spiro atoms. The van der Waals surface area contributed by atoms with E-state index < -0.39 is 0 Å². The van der Waals surface area contributed by atoms with Crippen LogP contribution in [-0.4, -0.2) is 43.4 Å². The smallest absolute Gasteiger partial charge is 0.305 e. The molecule has 0 N–H and O–H groups in total. The van der Waals surface area contributed by atoms with E-state index in [1.54, 1.807) is 0 Å². The summed E-state index contributed by atoms with van der Waals surface area (Å²) in [5.74, 6) is -0.0857. The molecule has 0 aromatic heterocycles. The zero-order chi connectivity index (χ0) is 17.9. The van der Waals surface area contributed by atoms with E-state index in [1.807, 2.05) is 0 Å². The van der Waals surface area contributed by atoms with Gasteiger partial charge in [0.1, 0.15) is 6.29 Å². The molecule has 24 heavy (non-hydrogen) atoms. The molecule has 0 aliphatic carbocycles. The van der Waals surface area contributed by atoms with Crippen molar-refractivity contribution < 1.29 is 14.3 Å². The first kappa shape index (κ1) is 23.1. The Morgan fingerprint density at radius 3 is 2.04 bits per heavy atom. The van der Waals surface area contributed by atoms with Gasteiger partial charge in [-0.15, -0.1) is 0 Å². The summed E-state index contributed by atoms with van der Waals surface area (Å²) in [6.45, 7) is 7.27. The molecule has 0 aromatic carbocycles. The lowest BCUT2D eigenvalue weighted by molar-refractivity contribution is -0.143.